The van der Waals surface area contributed by atoms with E-state index >= 15 is 0 Å². The van der Waals surface area contributed by atoms with Gasteiger partial charge >= 0.3 is 0 Å². The van der Waals surface area contributed by atoms with Crippen LogP contribution in [0.3, 0.4) is 0 Å². The Kier molecular flexibility index (Phi) is 6.14. The van der Waals surface area contributed by atoms with Crippen molar-refractivity contribution in [2.45, 2.75) is 32.9 Å². The summed E-state index contributed by atoms with van der Waals surface area (Å²) in [6.45, 7) is 2.97. The summed E-state index contributed by atoms with van der Waals surface area (Å²) >= 11 is 0. The van der Waals surface area contributed by atoms with E-state index in [2.05, 4.69) is 17.2 Å². The molecule has 0 aromatic heterocycles. The molecule has 5 heteroatoms. The van der Waals surface area contributed by atoms with Crippen molar-refractivity contribution in [1.29, 1.82) is 0 Å². The zero-order chi connectivity index (χ0) is 13.4. The van der Waals surface area contributed by atoms with Gasteiger partial charge in [-0.05, 0) is 24.1 Å². The Balaban J connectivity index is 2.54. The number of rotatable bonds is 6. The van der Waals surface area contributed by atoms with Crippen LogP contribution < -0.4 is 11.1 Å². The van der Waals surface area contributed by atoms with Crippen LogP contribution in [-0.4, -0.2) is 17.6 Å². The van der Waals surface area contributed by atoms with Crippen molar-refractivity contribution in [3.63, 3.8) is 0 Å². The average Bonchev–Trinajstić information content (AvgIpc) is 2.38. The summed E-state index contributed by atoms with van der Waals surface area (Å²) in [5.74, 6) is -0.0161. The molecule has 0 aliphatic rings. The predicted octanol–water partition coefficient (Wildman–Crippen LogP) is 1.52. The minimum Gasteiger partial charge on any atom is -0.392 e. The van der Waals surface area contributed by atoms with Crippen molar-refractivity contribution in [2.24, 2.45) is 10.7 Å². The lowest BCUT2D eigenvalue weighted by Gasteiger charge is -2.05. The van der Waals surface area contributed by atoms with Gasteiger partial charge in [-0.3, -0.25) is 0 Å². The third-order valence-electron chi connectivity index (χ3n) is 2.55. The number of benzene rings is 1. The number of hydrogen-bond acceptors (Lipinski definition) is 2. The molecule has 0 heterocycles. The van der Waals surface area contributed by atoms with E-state index < -0.39 is 5.82 Å². The van der Waals surface area contributed by atoms with Gasteiger partial charge in [0.05, 0.1) is 13.2 Å². The Morgan fingerprint density at radius 1 is 1.50 bits per heavy atom. The average molecular weight is 253 g/mol. The van der Waals surface area contributed by atoms with Crippen molar-refractivity contribution in [1.82, 2.24) is 5.32 Å². The highest BCUT2D eigenvalue weighted by atomic mass is 19.1. The summed E-state index contributed by atoms with van der Waals surface area (Å²) in [7, 11) is 0. The number of guanidine groups is 1. The summed E-state index contributed by atoms with van der Waals surface area (Å²) in [5, 5.41) is 11.9. The molecule has 0 saturated heterocycles. The van der Waals surface area contributed by atoms with E-state index in [0.717, 1.165) is 24.9 Å². The maximum absolute atomic E-state index is 13.1. The molecule has 0 radical (unpaired) electrons. The third kappa shape index (κ3) is 4.71. The quantitative estimate of drug-likeness (QED) is 0.409. The summed E-state index contributed by atoms with van der Waals surface area (Å²) in [5.41, 5.74) is 6.78. The number of hydrogen-bond donors (Lipinski definition) is 3. The Morgan fingerprint density at radius 3 is 2.94 bits per heavy atom. The van der Waals surface area contributed by atoms with Crippen LogP contribution in [0, 0.1) is 5.82 Å². The SMILES string of the molecule is CCCCNC(N)=NCc1ccc(F)c(CO)c1. The van der Waals surface area contributed by atoms with E-state index in [-0.39, 0.29) is 12.2 Å². The van der Waals surface area contributed by atoms with Crippen LogP contribution in [0.25, 0.3) is 0 Å². The molecule has 0 spiro atoms. The molecule has 100 valence electrons. The van der Waals surface area contributed by atoms with Crippen molar-refractivity contribution < 1.29 is 9.50 Å². The van der Waals surface area contributed by atoms with Gasteiger partial charge in [0.2, 0.25) is 0 Å². The maximum atomic E-state index is 13.1. The second kappa shape index (κ2) is 7.66. The van der Waals surface area contributed by atoms with Crippen LogP contribution in [0.2, 0.25) is 0 Å². The molecule has 4 N–H and O–H groups in total. The molecule has 0 saturated carbocycles. The van der Waals surface area contributed by atoms with Crippen LogP contribution in [-0.2, 0) is 13.2 Å². The second-order valence-electron chi connectivity index (χ2n) is 4.07. The van der Waals surface area contributed by atoms with Crippen LogP contribution in [0.5, 0.6) is 0 Å². The van der Waals surface area contributed by atoms with Gasteiger partial charge in [0.25, 0.3) is 0 Å². The molecule has 1 aromatic rings. The van der Waals surface area contributed by atoms with E-state index in [0.29, 0.717) is 12.5 Å². The minimum absolute atomic E-state index is 0.278. The van der Waals surface area contributed by atoms with Gasteiger partial charge in [0, 0.05) is 12.1 Å². The molecular formula is C13H20FN3O. The van der Waals surface area contributed by atoms with Gasteiger partial charge in [0.1, 0.15) is 5.82 Å². The van der Waals surface area contributed by atoms with Gasteiger partial charge < -0.3 is 16.2 Å². The standard InChI is InChI=1S/C13H20FN3O/c1-2-3-6-16-13(15)17-8-10-4-5-12(14)11(7-10)9-18/h4-5,7,18H,2-3,6,8-9H2,1H3,(H3,15,16,17). The normalized spacial score (nSPS) is 11.6. The highest BCUT2D eigenvalue weighted by Crippen LogP contribution is 2.11. The fourth-order valence-corrected chi connectivity index (χ4v) is 1.47. The molecule has 0 fully saturated rings. The first-order chi connectivity index (χ1) is 8.67. The van der Waals surface area contributed by atoms with E-state index in [1.54, 1.807) is 12.1 Å². The van der Waals surface area contributed by atoms with E-state index in [9.17, 15) is 4.39 Å². The van der Waals surface area contributed by atoms with Gasteiger partial charge in [-0.15, -0.1) is 0 Å². The number of aliphatic imine (C=N–C) groups is 1. The van der Waals surface area contributed by atoms with E-state index in [1.807, 2.05) is 0 Å². The largest absolute Gasteiger partial charge is 0.392 e. The number of aliphatic hydroxyl groups excluding tert-OH is 1. The Labute approximate surface area is 107 Å². The first kappa shape index (κ1) is 14.4. The van der Waals surface area contributed by atoms with Crippen LogP contribution in [0.4, 0.5) is 4.39 Å². The lowest BCUT2D eigenvalue weighted by atomic mass is 10.1. The first-order valence-electron chi connectivity index (χ1n) is 6.09. The number of nitrogens with one attached hydrogen (secondary N) is 1. The molecule has 0 bridgehead atoms. The zero-order valence-electron chi connectivity index (χ0n) is 10.6. The lowest BCUT2D eigenvalue weighted by molar-refractivity contribution is 0.275. The Morgan fingerprint density at radius 2 is 2.28 bits per heavy atom. The number of aliphatic hydroxyl groups is 1. The fraction of sp³-hybridized carbons (Fsp3) is 0.462. The zero-order valence-corrected chi connectivity index (χ0v) is 10.6. The highest BCUT2D eigenvalue weighted by molar-refractivity contribution is 5.77. The molecule has 1 rings (SSSR count). The summed E-state index contributed by atoms with van der Waals surface area (Å²) in [6, 6.07) is 4.56. The fourth-order valence-electron chi connectivity index (χ4n) is 1.47. The third-order valence-corrected chi connectivity index (χ3v) is 2.55. The molecule has 1 aromatic carbocycles. The molecule has 0 atom stereocenters. The molecule has 0 aliphatic heterocycles. The molecule has 0 aliphatic carbocycles. The van der Waals surface area contributed by atoms with Crippen molar-refractivity contribution in [2.75, 3.05) is 6.54 Å². The predicted molar refractivity (Wildman–Crippen MR) is 70.6 cm³/mol. The topological polar surface area (TPSA) is 70.6 Å². The number of nitrogens with two attached hydrogens (primary N) is 1. The Hall–Kier alpha value is -1.62. The van der Waals surface area contributed by atoms with Crippen molar-refractivity contribution >= 4 is 5.96 Å². The van der Waals surface area contributed by atoms with Gasteiger partial charge in [0.15, 0.2) is 5.96 Å². The number of nitrogens with zero attached hydrogens (tertiary/aromatic N) is 1. The molecule has 18 heavy (non-hydrogen) atoms. The van der Waals surface area contributed by atoms with Gasteiger partial charge in [-0.2, -0.15) is 0 Å². The minimum atomic E-state index is -0.403. The van der Waals surface area contributed by atoms with E-state index in [4.69, 9.17) is 10.8 Å². The highest BCUT2D eigenvalue weighted by Gasteiger charge is 2.02. The lowest BCUT2D eigenvalue weighted by Crippen LogP contribution is -2.32. The molecular weight excluding hydrogens is 233 g/mol. The summed E-state index contributed by atoms with van der Waals surface area (Å²) in [6.07, 6.45) is 2.14. The Bertz CT molecular complexity index is 407. The van der Waals surface area contributed by atoms with E-state index in [1.165, 1.54) is 6.07 Å². The molecule has 0 unspecified atom stereocenters. The van der Waals surface area contributed by atoms with Crippen molar-refractivity contribution in [3.8, 4) is 0 Å². The van der Waals surface area contributed by atoms with Crippen molar-refractivity contribution in [3.05, 3.63) is 35.1 Å². The second-order valence-corrected chi connectivity index (χ2v) is 4.07. The van der Waals surface area contributed by atoms with Crippen LogP contribution in [0.15, 0.2) is 23.2 Å². The molecule has 4 nitrogen and oxygen atoms in total. The summed E-state index contributed by atoms with van der Waals surface area (Å²) in [4.78, 5) is 4.15. The monoisotopic (exact) mass is 253 g/mol. The number of halogens is 1. The molecule has 0 amide bonds. The maximum Gasteiger partial charge on any atom is 0.188 e. The number of unbranched alkanes of at least 4 members (excludes halogenated alkanes) is 1. The van der Waals surface area contributed by atoms with Gasteiger partial charge in [-0.25, -0.2) is 9.38 Å². The van der Waals surface area contributed by atoms with Crippen LogP contribution >= 0.6 is 0 Å². The summed E-state index contributed by atoms with van der Waals surface area (Å²) < 4.78 is 13.1. The smallest absolute Gasteiger partial charge is 0.188 e. The van der Waals surface area contributed by atoms with Gasteiger partial charge in [-0.1, -0.05) is 19.4 Å². The van der Waals surface area contributed by atoms with Crippen LogP contribution in [0.1, 0.15) is 30.9 Å². The first-order valence-corrected chi connectivity index (χ1v) is 6.09.